The Bertz CT molecular complexity index is 673. The molecule has 0 bridgehead atoms. The lowest BCUT2D eigenvalue weighted by Crippen LogP contribution is -2.23. The summed E-state index contributed by atoms with van der Waals surface area (Å²) in [6.45, 7) is 3.80. The van der Waals surface area contributed by atoms with E-state index in [0.717, 1.165) is 5.56 Å². The molecule has 0 aliphatic rings. The predicted octanol–water partition coefficient (Wildman–Crippen LogP) is 2.45. The first kappa shape index (κ1) is 14.8. The standard InChI is InChI=1S/C16H17NO4/c1-10-7-14(11(2)21-10)16(20)17-9-13-6-4-3-5-12(13)8-15(18)19/h3-7H,8-9H2,1-2H3,(H,17,20)(H,18,19). The maximum atomic E-state index is 12.1. The van der Waals surface area contributed by atoms with E-state index in [4.69, 9.17) is 9.52 Å². The van der Waals surface area contributed by atoms with Crippen LogP contribution in [0.1, 0.15) is 33.0 Å². The summed E-state index contributed by atoms with van der Waals surface area (Å²) in [6, 6.07) is 8.86. The zero-order chi connectivity index (χ0) is 15.4. The minimum Gasteiger partial charge on any atom is -0.481 e. The van der Waals surface area contributed by atoms with E-state index >= 15 is 0 Å². The van der Waals surface area contributed by atoms with Gasteiger partial charge in [0, 0.05) is 6.54 Å². The van der Waals surface area contributed by atoms with E-state index in [1.165, 1.54) is 0 Å². The summed E-state index contributed by atoms with van der Waals surface area (Å²) < 4.78 is 5.33. The molecule has 0 fully saturated rings. The summed E-state index contributed by atoms with van der Waals surface area (Å²) in [7, 11) is 0. The molecule has 110 valence electrons. The Balaban J connectivity index is 2.08. The number of hydrogen-bond acceptors (Lipinski definition) is 3. The molecule has 0 saturated heterocycles. The van der Waals surface area contributed by atoms with E-state index in [1.807, 2.05) is 12.1 Å². The van der Waals surface area contributed by atoms with E-state index in [2.05, 4.69) is 5.32 Å². The SMILES string of the molecule is Cc1cc(C(=O)NCc2ccccc2CC(=O)O)c(C)o1. The van der Waals surface area contributed by atoms with Crippen LogP contribution < -0.4 is 5.32 Å². The molecule has 0 aliphatic carbocycles. The maximum Gasteiger partial charge on any atom is 0.307 e. The van der Waals surface area contributed by atoms with Gasteiger partial charge in [-0.1, -0.05) is 24.3 Å². The first-order chi connectivity index (χ1) is 9.97. The van der Waals surface area contributed by atoms with Gasteiger partial charge in [-0.15, -0.1) is 0 Å². The van der Waals surface area contributed by atoms with Gasteiger partial charge in [0.2, 0.25) is 0 Å². The predicted molar refractivity (Wildman–Crippen MR) is 77.1 cm³/mol. The van der Waals surface area contributed by atoms with E-state index < -0.39 is 5.97 Å². The molecular formula is C16H17NO4. The van der Waals surface area contributed by atoms with Crippen molar-refractivity contribution in [2.24, 2.45) is 0 Å². The van der Waals surface area contributed by atoms with Gasteiger partial charge in [-0.3, -0.25) is 9.59 Å². The normalized spacial score (nSPS) is 10.4. The number of benzene rings is 1. The van der Waals surface area contributed by atoms with Crippen LogP contribution in [-0.4, -0.2) is 17.0 Å². The number of carbonyl (C=O) groups excluding carboxylic acids is 1. The van der Waals surface area contributed by atoms with Gasteiger partial charge in [0.1, 0.15) is 11.5 Å². The number of carboxylic acid groups (broad SMARTS) is 1. The number of furan rings is 1. The molecule has 2 N–H and O–H groups in total. The number of carboxylic acids is 1. The topological polar surface area (TPSA) is 79.5 Å². The monoisotopic (exact) mass is 287 g/mol. The lowest BCUT2D eigenvalue weighted by atomic mass is 10.0. The average Bonchev–Trinajstić information content (AvgIpc) is 2.76. The molecule has 1 aromatic heterocycles. The van der Waals surface area contributed by atoms with Crippen LogP contribution in [0.25, 0.3) is 0 Å². The van der Waals surface area contributed by atoms with E-state index in [9.17, 15) is 9.59 Å². The van der Waals surface area contributed by atoms with Crippen LogP contribution in [0.3, 0.4) is 0 Å². The Morgan fingerprint density at radius 2 is 1.86 bits per heavy atom. The molecule has 0 radical (unpaired) electrons. The van der Waals surface area contributed by atoms with Gasteiger partial charge in [0.05, 0.1) is 12.0 Å². The van der Waals surface area contributed by atoms with E-state index in [-0.39, 0.29) is 18.9 Å². The number of nitrogens with one attached hydrogen (secondary N) is 1. The van der Waals surface area contributed by atoms with Gasteiger partial charge in [0.25, 0.3) is 5.91 Å². The highest BCUT2D eigenvalue weighted by Crippen LogP contribution is 2.14. The number of amides is 1. The van der Waals surface area contributed by atoms with E-state index in [1.54, 1.807) is 32.0 Å². The molecule has 1 aromatic carbocycles. The number of rotatable bonds is 5. The van der Waals surface area contributed by atoms with Crippen molar-refractivity contribution in [3.63, 3.8) is 0 Å². The second-order valence-electron chi connectivity index (χ2n) is 4.85. The number of hydrogen-bond donors (Lipinski definition) is 2. The Morgan fingerprint density at radius 1 is 1.19 bits per heavy atom. The van der Waals surface area contributed by atoms with Gasteiger partial charge in [-0.2, -0.15) is 0 Å². The van der Waals surface area contributed by atoms with E-state index in [0.29, 0.717) is 22.6 Å². The van der Waals surface area contributed by atoms with Crippen LogP contribution in [0.2, 0.25) is 0 Å². The molecule has 21 heavy (non-hydrogen) atoms. The molecule has 0 spiro atoms. The second-order valence-corrected chi connectivity index (χ2v) is 4.85. The smallest absolute Gasteiger partial charge is 0.307 e. The van der Waals surface area contributed by atoms with Crippen LogP contribution in [0.15, 0.2) is 34.7 Å². The zero-order valence-corrected chi connectivity index (χ0v) is 12.0. The van der Waals surface area contributed by atoms with Crippen LogP contribution in [0.5, 0.6) is 0 Å². The van der Waals surface area contributed by atoms with Crippen LogP contribution >= 0.6 is 0 Å². The first-order valence-electron chi connectivity index (χ1n) is 6.61. The maximum absolute atomic E-state index is 12.1. The molecule has 5 nitrogen and oxygen atoms in total. The van der Waals surface area contributed by atoms with Crippen molar-refractivity contribution in [2.75, 3.05) is 0 Å². The van der Waals surface area contributed by atoms with Crippen molar-refractivity contribution < 1.29 is 19.1 Å². The third-order valence-electron chi connectivity index (χ3n) is 3.19. The lowest BCUT2D eigenvalue weighted by Gasteiger charge is -2.09. The molecular weight excluding hydrogens is 270 g/mol. The average molecular weight is 287 g/mol. The minimum atomic E-state index is -0.893. The van der Waals surface area contributed by atoms with Gasteiger partial charge in [-0.25, -0.2) is 0 Å². The molecule has 0 unspecified atom stereocenters. The van der Waals surface area contributed by atoms with Gasteiger partial charge < -0.3 is 14.8 Å². The Labute approximate surface area is 122 Å². The highest BCUT2D eigenvalue weighted by atomic mass is 16.4. The minimum absolute atomic E-state index is 0.0596. The van der Waals surface area contributed by atoms with Crippen molar-refractivity contribution in [3.8, 4) is 0 Å². The fourth-order valence-corrected chi connectivity index (χ4v) is 2.19. The molecule has 1 heterocycles. The molecule has 0 atom stereocenters. The molecule has 2 rings (SSSR count). The third kappa shape index (κ3) is 3.72. The third-order valence-corrected chi connectivity index (χ3v) is 3.19. The molecule has 2 aromatic rings. The van der Waals surface area contributed by atoms with Crippen LogP contribution in [-0.2, 0) is 17.8 Å². The van der Waals surface area contributed by atoms with Crippen molar-refractivity contribution in [2.45, 2.75) is 26.8 Å². The quantitative estimate of drug-likeness (QED) is 0.885. The molecule has 5 heteroatoms. The largest absolute Gasteiger partial charge is 0.481 e. The number of aryl methyl sites for hydroxylation is 2. The molecule has 0 aliphatic heterocycles. The van der Waals surface area contributed by atoms with Crippen LogP contribution in [0.4, 0.5) is 0 Å². The Hall–Kier alpha value is -2.56. The number of aliphatic carboxylic acids is 1. The van der Waals surface area contributed by atoms with Crippen LogP contribution in [0, 0.1) is 13.8 Å². The fourth-order valence-electron chi connectivity index (χ4n) is 2.19. The highest BCUT2D eigenvalue weighted by Gasteiger charge is 2.14. The first-order valence-corrected chi connectivity index (χ1v) is 6.61. The Morgan fingerprint density at radius 3 is 2.43 bits per heavy atom. The summed E-state index contributed by atoms with van der Waals surface area (Å²) >= 11 is 0. The van der Waals surface area contributed by atoms with Gasteiger partial charge in [0.15, 0.2) is 0 Å². The summed E-state index contributed by atoms with van der Waals surface area (Å²) in [4.78, 5) is 22.9. The number of carbonyl (C=O) groups is 2. The zero-order valence-electron chi connectivity index (χ0n) is 12.0. The summed E-state index contributed by atoms with van der Waals surface area (Å²) in [5.74, 6) is 0.136. The summed E-state index contributed by atoms with van der Waals surface area (Å²) in [6.07, 6.45) is -0.0596. The molecule has 1 amide bonds. The summed E-state index contributed by atoms with van der Waals surface area (Å²) in [5, 5.41) is 11.7. The summed E-state index contributed by atoms with van der Waals surface area (Å²) in [5.41, 5.74) is 2.00. The Kier molecular flexibility index (Phi) is 4.42. The highest BCUT2D eigenvalue weighted by molar-refractivity contribution is 5.95. The second kappa shape index (κ2) is 6.26. The fraction of sp³-hybridized carbons (Fsp3) is 0.250. The lowest BCUT2D eigenvalue weighted by molar-refractivity contribution is -0.136. The van der Waals surface area contributed by atoms with Crippen molar-refractivity contribution in [1.82, 2.24) is 5.32 Å². The van der Waals surface area contributed by atoms with Gasteiger partial charge in [-0.05, 0) is 31.0 Å². The van der Waals surface area contributed by atoms with Gasteiger partial charge >= 0.3 is 5.97 Å². The van der Waals surface area contributed by atoms with Crippen molar-refractivity contribution in [3.05, 3.63) is 58.5 Å². The van der Waals surface area contributed by atoms with Crippen molar-refractivity contribution >= 4 is 11.9 Å². The molecule has 0 saturated carbocycles. The van der Waals surface area contributed by atoms with Crippen molar-refractivity contribution in [1.29, 1.82) is 0 Å².